The fraction of sp³-hybridized carbons (Fsp3) is 0.0526. The monoisotopic (exact) mass is 588 g/mol. The Balaban J connectivity index is 1.18. The largest absolute Gasteiger partial charge is 0.327 e. The maximum Gasteiger partial charge on any atom is 0.150 e. The summed E-state index contributed by atoms with van der Waals surface area (Å²) in [4.78, 5) is 9.84. The van der Waals surface area contributed by atoms with E-state index in [1.807, 2.05) is 86.0 Å². The topological polar surface area (TPSA) is 35.6 Å². The predicted molar refractivity (Wildman–Crippen MR) is 181 cm³/mol. The van der Waals surface area contributed by atoms with Crippen LogP contribution in [0.1, 0.15) is 17.3 Å². The summed E-state index contributed by atoms with van der Waals surface area (Å²) in [5.74, 6) is 0.818. The number of para-hydroxylation sites is 3. The standard InChI is InChI=1S/C38H25FN4S/c1-42-32-18-6-4-16-30(32)41-37(42)25-12-8-10-23(20-25)35(39)24-11-9-13-26(21-24)43-31-17-5-2-15-28(31)34-36-29(22-40-38(34)43)27-14-3-7-19-33(27)44-36/h2-22,35H,1H3. The molecule has 6 heteroatoms. The zero-order valence-corrected chi connectivity index (χ0v) is 24.6. The fourth-order valence-corrected chi connectivity index (χ4v) is 7.82. The summed E-state index contributed by atoms with van der Waals surface area (Å²) in [5.41, 5.74) is 6.86. The van der Waals surface area contributed by atoms with Gasteiger partial charge in [0.2, 0.25) is 0 Å². The van der Waals surface area contributed by atoms with Crippen LogP contribution in [0, 0.1) is 0 Å². The Kier molecular flexibility index (Phi) is 5.49. The first-order chi connectivity index (χ1) is 21.7. The van der Waals surface area contributed by atoms with Gasteiger partial charge in [0.15, 0.2) is 6.17 Å². The SMILES string of the molecule is Cn1c(-c2cccc(C(F)c3cccc(-n4c5ccccc5c5c6sc7ccccc7c6cnc54)c3)c2)nc2ccccc21. The van der Waals surface area contributed by atoms with Gasteiger partial charge in [0.25, 0.3) is 0 Å². The van der Waals surface area contributed by atoms with Gasteiger partial charge in [-0.2, -0.15) is 0 Å². The summed E-state index contributed by atoms with van der Waals surface area (Å²) in [7, 11) is 2.00. The van der Waals surface area contributed by atoms with Gasteiger partial charge in [0, 0.05) is 55.4 Å². The highest BCUT2D eigenvalue weighted by molar-refractivity contribution is 7.26. The van der Waals surface area contributed by atoms with E-state index in [-0.39, 0.29) is 0 Å². The van der Waals surface area contributed by atoms with Crippen molar-refractivity contribution in [1.82, 2.24) is 19.1 Å². The van der Waals surface area contributed by atoms with E-state index in [1.54, 1.807) is 11.3 Å². The molecule has 0 saturated carbocycles. The number of thiophene rings is 1. The molecule has 0 spiro atoms. The third-order valence-corrected chi connectivity index (χ3v) is 9.88. The molecular weight excluding hydrogens is 564 g/mol. The molecular formula is C38H25FN4S. The van der Waals surface area contributed by atoms with Crippen molar-refractivity contribution in [2.75, 3.05) is 0 Å². The van der Waals surface area contributed by atoms with E-state index in [4.69, 9.17) is 9.97 Å². The molecule has 9 aromatic rings. The summed E-state index contributed by atoms with van der Waals surface area (Å²) in [6.07, 6.45) is 0.681. The van der Waals surface area contributed by atoms with E-state index in [1.165, 1.54) is 20.2 Å². The Labute approximate surface area is 256 Å². The smallest absolute Gasteiger partial charge is 0.150 e. The van der Waals surface area contributed by atoms with Gasteiger partial charge in [0.1, 0.15) is 11.5 Å². The van der Waals surface area contributed by atoms with Gasteiger partial charge in [-0.3, -0.25) is 4.57 Å². The van der Waals surface area contributed by atoms with Gasteiger partial charge in [0.05, 0.1) is 16.6 Å². The molecule has 9 rings (SSSR count). The number of rotatable bonds is 4. The van der Waals surface area contributed by atoms with Crippen molar-refractivity contribution in [3.8, 4) is 17.1 Å². The fourth-order valence-electron chi connectivity index (χ4n) is 6.59. The van der Waals surface area contributed by atoms with E-state index in [0.29, 0.717) is 11.1 Å². The average Bonchev–Trinajstić information content (AvgIpc) is 3.74. The molecule has 0 fully saturated rings. The maximum absolute atomic E-state index is 16.4. The second-order valence-electron chi connectivity index (χ2n) is 11.2. The lowest BCUT2D eigenvalue weighted by atomic mass is 10.00. The molecule has 1 unspecified atom stereocenters. The van der Waals surface area contributed by atoms with Crippen molar-refractivity contribution in [2.24, 2.45) is 7.05 Å². The van der Waals surface area contributed by atoms with Gasteiger partial charge < -0.3 is 4.57 Å². The molecule has 4 heterocycles. The van der Waals surface area contributed by atoms with Crippen molar-refractivity contribution < 1.29 is 4.39 Å². The molecule has 0 radical (unpaired) electrons. The van der Waals surface area contributed by atoms with Gasteiger partial charge >= 0.3 is 0 Å². The molecule has 44 heavy (non-hydrogen) atoms. The lowest BCUT2D eigenvalue weighted by molar-refractivity contribution is 0.402. The van der Waals surface area contributed by atoms with Gasteiger partial charge in [-0.15, -0.1) is 11.3 Å². The van der Waals surface area contributed by atoms with Crippen molar-refractivity contribution in [1.29, 1.82) is 0 Å². The van der Waals surface area contributed by atoms with Crippen molar-refractivity contribution in [3.05, 3.63) is 139 Å². The Morgan fingerprint density at radius 1 is 0.705 bits per heavy atom. The van der Waals surface area contributed by atoms with E-state index in [9.17, 15) is 0 Å². The summed E-state index contributed by atoms with van der Waals surface area (Å²) < 4.78 is 23.1. The Hall–Kier alpha value is -5.33. The Morgan fingerprint density at radius 3 is 2.30 bits per heavy atom. The first-order valence-corrected chi connectivity index (χ1v) is 15.4. The van der Waals surface area contributed by atoms with Crippen LogP contribution in [0.2, 0.25) is 0 Å². The van der Waals surface area contributed by atoms with Crippen LogP contribution in [0.5, 0.6) is 0 Å². The number of aromatic nitrogens is 4. The number of benzene rings is 5. The third-order valence-electron chi connectivity index (χ3n) is 8.67. The van der Waals surface area contributed by atoms with Crippen LogP contribution in [0.15, 0.2) is 128 Å². The number of pyridine rings is 1. The zero-order valence-electron chi connectivity index (χ0n) is 23.8. The number of nitrogens with zero attached hydrogens (tertiary/aromatic N) is 4. The molecule has 0 saturated heterocycles. The highest BCUT2D eigenvalue weighted by Gasteiger charge is 2.20. The van der Waals surface area contributed by atoms with Crippen LogP contribution in [-0.4, -0.2) is 19.1 Å². The molecule has 1 atom stereocenters. The predicted octanol–water partition coefficient (Wildman–Crippen LogP) is 10.2. The number of imidazole rings is 1. The Morgan fingerprint density at radius 2 is 1.43 bits per heavy atom. The summed E-state index contributed by atoms with van der Waals surface area (Å²) in [5, 5.41) is 4.67. The lowest BCUT2D eigenvalue weighted by Crippen LogP contribution is -2.00. The van der Waals surface area contributed by atoms with Crippen molar-refractivity contribution in [3.63, 3.8) is 0 Å². The molecule has 0 N–H and O–H groups in total. The minimum absolute atomic E-state index is 0.596. The molecule has 0 aliphatic carbocycles. The molecule has 5 aromatic carbocycles. The highest BCUT2D eigenvalue weighted by atomic mass is 32.1. The number of halogens is 1. The third kappa shape index (κ3) is 3.68. The minimum Gasteiger partial charge on any atom is -0.327 e. The second-order valence-corrected chi connectivity index (χ2v) is 12.3. The number of aryl methyl sites for hydroxylation is 1. The average molecular weight is 589 g/mol. The Bertz CT molecular complexity index is 2550. The van der Waals surface area contributed by atoms with Crippen LogP contribution in [0.25, 0.3) is 70.2 Å². The number of alkyl halides is 1. The maximum atomic E-state index is 16.4. The van der Waals surface area contributed by atoms with E-state index >= 15 is 4.39 Å². The van der Waals surface area contributed by atoms with Crippen molar-refractivity contribution in [2.45, 2.75) is 6.17 Å². The zero-order chi connectivity index (χ0) is 29.4. The first-order valence-electron chi connectivity index (χ1n) is 14.6. The van der Waals surface area contributed by atoms with Crippen LogP contribution >= 0.6 is 11.3 Å². The highest BCUT2D eigenvalue weighted by Crippen LogP contribution is 2.42. The molecule has 0 amide bonds. The number of fused-ring (bicyclic) bond motifs is 8. The summed E-state index contributed by atoms with van der Waals surface area (Å²) in [6.45, 7) is 0. The molecule has 0 bridgehead atoms. The molecule has 4 aromatic heterocycles. The van der Waals surface area contributed by atoms with E-state index < -0.39 is 6.17 Å². The van der Waals surface area contributed by atoms with Crippen LogP contribution in [0.4, 0.5) is 4.39 Å². The first kappa shape index (κ1) is 25.2. The summed E-state index contributed by atoms with van der Waals surface area (Å²) >= 11 is 1.80. The van der Waals surface area contributed by atoms with Gasteiger partial charge in [-0.1, -0.05) is 78.9 Å². The summed E-state index contributed by atoms with van der Waals surface area (Å²) in [6, 6.07) is 40.4. The van der Waals surface area contributed by atoms with E-state index in [2.05, 4.69) is 57.7 Å². The van der Waals surface area contributed by atoms with Crippen LogP contribution < -0.4 is 0 Å². The normalized spacial score (nSPS) is 12.7. The number of hydrogen-bond donors (Lipinski definition) is 0. The lowest BCUT2D eigenvalue weighted by Gasteiger charge is -2.14. The van der Waals surface area contributed by atoms with Crippen molar-refractivity contribution >= 4 is 64.5 Å². The van der Waals surface area contributed by atoms with Crippen LogP contribution in [0.3, 0.4) is 0 Å². The van der Waals surface area contributed by atoms with E-state index in [0.717, 1.165) is 50.0 Å². The molecule has 0 aliphatic rings. The molecule has 210 valence electrons. The number of hydrogen-bond acceptors (Lipinski definition) is 3. The van der Waals surface area contributed by atoms with Gasteiger partial charge in [-0.05, 0) is 53.6 Å². The van der Waals surface area contributed by atoms with Gasteiger partial charge in [-0.25, -0.2) is 14.4 Å². The quantitative estimate of drug-likeness (QED) is 0.205. The minimum atomic E-state index is -1.31. The second kappa shape index (κ2) is 9.59. The van der Waals surface area contributed by atoms with Crippen LogP contribution in [-0.2, 0) is 7.05 Å². The molecule has 0 aliphatic heterocycles. The molecule has 4 nitrogen and oxygen atoms in total.